The molecule has 0 aliphatic rings. The van der Waals surface area contributed by atoms with E-state index >= 15 is 0 Å². The van der Waals surface area contributed by atoms with E-state index in [2.05, 4.69) is 137 Å². The standard InChI is InChI=1S/C48H47N5O.Pt/c1-31-44(54-37-19-20-39-38-15-11-12-16-40(38)53(43(39)28-37)45-26-32(21-22-49-45)46(2,3)4)27-36(29-50-31)52-30-51(41-17-13-14-18-42(41)52)35-24-33(47(5,6)7)23-34(25-35)48(8,9)10;/h11-26,29H,1-10H3;/q-2;/i1D3;. The summed E-state index contributed by atoms with van der Waals surface area (Å²) in [5.74, 6) is 1.07. The van der Waals surface area contributed by atoms with Gasteiger partial charge in [-0.05, 0) is 80.0 Å². The Bertz CT molecular complexity index is 2800. The van der Waals surface area contributed by atoms with Crippen molar-refractivity contribution >= 4 is 32.8 Å². The van der Waals surface area contributed by atoms with E-state index in [4.69, 9.17) is 13.8 Å². The number of ether oxygens (including phenoxy) is 1. The van der Waals surface area contributed by atoms with Gasteiger partial charge in [0.1, 0.15) is 5.82 Å². The molecule has 0 bridgehead atoms. The van der Waals surface area contributed by atoms with E-state index in [1.807, 2.05) is 59.3 Å². The van der Waals surface area contributed by atoms with Crippen molar-refractivity contribution in [3.63, 3.8) is 0 Å². The third kappa shape index (κ3) is 7.13. The predicted molar refractivity (Wildman–Crippen MR) is 219 cm³/mol. The molecule has 8 rings (SSSR count). The van der Waals surface area contributed by atoms with Crippen molar-refractivity contribution in [3.05, 3.63) is 144 Å². The number of fused-ring (bicyclic) bond motifs is 4. The molecule has 282 valence electrons. The van der Waals surface area contributed by atoms with Crippen LogP contribution >= 0.6 is 0 Å². The second-order valence-electron chi connectivity index (χ2n) is 17.2. The summed E-state index contributed by atoms with van der Waals surface area (Å²) in [4.78, 5) is 9.29. The van der Waals surface area contributed by atoms with Crippen LogP contribution < -0.4 is 9.30 Å². The fraction of sp³-hybridized carbons (Fsp3) is 0.271. The number of para-hydroxylation sites is 3. The van der Waals surface area contributed by atoms with Crippen LogP contribution in [0.3, 0.4) is 0 Å². The van der Waals surface area contributed by atoms with Crippen LogP contribution in [-0.4, -0.2) is 19.1 Å². The Kier molecular flexibility index (Phi) is 8.70. The summed E-state index contributed by atoms with van der Waals surface area (Å²) in [7, 11) is 0. The van der Waals surface area contributed by atoms with Crippen molar-refractivity contribution in [1.29, 1.82) is 0 Å². The van der Waals surface area contributed by atoms with Crippen molar-refractivity contribution in [2.45, 2.75) is 85.4 Å². The van der Waals surface area contributed by atoms with Crippen LogP contribution in [-0.2, 0) is 37.3 Å². The molecule has 7 heteroatoms. The second-order valence-corrected chi connectivity index (χ2v) is 17.2. The quantitative estimate of drug-likeness (QED) is 0.128. The van der Waals surface area contributed by atoms with Gasteiger partial charge >= 0.3 is 0 Å². The minimum Gasteiger partial charge on any atom is -0.508 e. The van der Waals surface area contributed by atoms with Crippen LogP contribution in [0.15, 0.2) is 103 Å². The Morgan fingerprint density at radius 3 is 2.05 bits per heavy atom. The Hall–Kier alpha value is -5.06. The van der Waals surface area contributed by atoms with Gasteiger partial charge in [-0.2, -0.15) is 6.07 Å². The van der Waals surface area contributed by atoms with Crippen LogP contribution in [0.5, 0.6) is 11.5 Å². The second kappa shape index (κ2) is 13.9. The summed E-state index contributed by atoms with van der Waals surface area (Å²) in [6, 6.07) is 37.6. The Morgan fingerprint density at radius 1 is 0.691 bits per heavy atom. The molecule has 0 unspecified atom stereocenters. The van der Waals surface area contributed by atoms with Crippen molar-refractivity contribution < 1.29 is 34.5 Å². The van der Waals surface area contributed by atoms with Gasteiger partial charge in [0.15, 0.2) is 0 Å². The number of pyridine rings is 2. The maximum atomic E-state index is 8.39. The topological polar surface area (TPSA) is 48.8 Å². The smallest absolute Gasteiger partial charge is 0.268 e. The summed E-state index contributed by atoms with van der Waals surface area (Å²) < 4.78 is 37.6. The van der Waals surface area contributed by atoms with Crippen molar-refractivity contribution in [1.82, 2.24) is 19.1 Å². The minimum atomic E-state index is -2.57. The van der Waals surface area contributed by atoms with E-state index in [-0.39, 0.29) is 48.8 Å². The van der Waals surface area contributed by atoms with Gasteiger partial charge in [-0.3, -0.25) is 4.57 Å². The average Bonchev–Trinajstić information content (AvgIpc) is 3.69. The number of rotatable bonds is 5. The Labute approximate surface area is 343 Å². The molecule has 0 radical (unpaired) electrons. The first-order valence-corrected chi connectivity index (χ1v) is 18.4. The van der Waals surface area contributed by atoms with Crippen LogP contribution in [0, 0.1) is 25.3 Å². The number of aryl methyl sites for hydroxylation is 1. The van der Waals surface area contributed by atoms with E-state index in [1.165, 1.54) is 17.3 Å². The summed E-state index contributed by atoms with van der Waals surface area (Å²) >= 11 is 0. The Morgan fingerprint density at radius 2 is 1.36 bits per heavy atom. The number of hydrogen-bond donors (Lipinski definition) is 0. The van der Waals surface area contributed by atoms with Gasteiger partial charge in [-0.1, -0.05) is 129 Å². The number of aromatic nitrogens is 5. The maximum absolute atomic E-state index is 8.39. The molecular weight excluding hydrogens is 858 g/mol. The normalized spacial score (nSPS) is 13.4. The van der Waals surface area contributed by atoms with Gasteiger partial charge in [0.05, 0.1) is 16.7 Å². The van der Waals surface area contributed by atoms with E-state index in [0.29, 0.717) is 11.4 Å². The van der Waals surface area contributed by atoms with Crippen molar-refractivity contribution in [3.8, 4) is 28.7 Å². The fourth-order valence-corrected chi connectivity index (χ4v) is 6.91. The molecule has 4 aromatic carbocycles. The molecular formula is C48H47N5OPt-2. The average molecular weight is 908 g/mol. The third-order valence-corrected chi connectivity index (χ3v) is 10.1. The van der Waals surface area contributed by atoms with E-state index in [1.54, 1.807) is 0 Å². The van der Waals surface area contributed by atoms with Gasteiger partial charge in [-0.25, -0.2) is 4.98 Å². The zero-order valence-electron chi connectivity index (χ0n) is 35.8. The maximum Gasteiger partial charge on any atom is 0.268 e. The van der Waals surface area contributed by atoms with Gasteiger partial charge in [-0.15, -0.1) is 23.6 Å². The number of nitrogens with zero attached hydrogens (tertiary/aromatic N) is 5. The Balaban J connectivity index is 0.00000512. The van der Waals surface area contributed by atoms with Gasteiger partial charge in [0.2, 0.25) is 0 Å². The molecule has 55 heavy (non-hydrogen) atoms. The largest absolute Gasteiger partial charge is 0.508 e. The van der Waals surface area contributed by atoms with E-state index < -0.39 is 6.85 Å². The van der Waals surface area contributed by atoms with E-state index in [0.717, 1.165) is 49.9 Å². The van der Waals surface area contributed by atoms with Gasteiger partial charge < -0.3 is 18.9 Å². The summed E-state index contributed by atoms with van der Waals surface area (Å²) in [6.45, 7) is 17.3. The monoisotopic (exact) mass is 907 g/mol. The summed E-state index contributed by atoms with van der Waals surface area (Å²) in [5.41, 5.74) is 8.12. The van der Waals surface area contributed by atoms with Crippen LogP contribution in [0.1, 0.15) is 88.8 Å². The molecule has 8 aromatic rings. The fourth-order valence-electron chi connectivity index (χ4n) is 6.91. The molecule has 0 atom stereocenters. The molecule has 6 nitrogen and oxygen atoms in total. The molecule has 4 heterocycles. The molecule has 0 saturated heterocycles. The molecule has 0 N–H and O–H groups in total. The van der Waals surface area contributed by atoms with Crippen LogP contribution in [0.25, 0.3) is 50.0 Å². The first-order valence-electron chi connectivity index (χ1n) is 19.9. The molecule has 0 spiro atoms. The van der Waals surface area contributed by atoms with Crippen LogP contribution in [0.2, 0.25) is 0 Å². The molecule has 0 amide bonds. The first kappa shape index (κ1) is 34.4. The van der Waals surface area contributed by atoms with Gasteiger partial charge in [0.25, 0.3) is 6.33 Å². The molecule has 4 aromatic heterocycles. The van der Waals surface area contributed by atoms with E-state index in [9.17, 15) is 0 Å². The zero-order chi connectivity index (χ0) is 40.7. The molecule has 0 saturated carbocycles. The van der Waals surface area contributed by atoms with Gasteiger partial charge in [0, 0.05) is 48.4 Å². The summed E-state index contributed by atoms with van der Waals surface area (Å²) in [6.07, 6.45) is 6.91. The third-order valence-electron chi connectivity index (χ3n) is 10.1. The molecule has 0 aliphatic carbocycles. The summed E-state index contributed by atoms with van der Waals surface area (Å²) in [5, 5.41) is 2.01. The molecule has 0 fully saturated rings. The minimum absolute atomic E-state index is 0. The van der Waals surface area contributed by atoms with Crippen LogP contribution in [0.4, 0.5) is 0 Å². The van der Waals surface area contributed by atoms with Crippen molar-refractivity contribution in [2.24, 2.45) is 0 Å². The predicted octanol–water partition coefficient (Wildman–Crippen LogP) is 11.2. The number of imidazole rings is 1. The zero-order valence-corrected chi connectivity index (χ0v) is 35.0. The number of benzene rings is 4. The number of hydrogen-bond acceptors (Lipinski definition) is 3. The van der Waals surface area contributed by atoms with Crippen molar-refractivity contribution in [2.75, 3.05) is 0 Å². The first-order chi connectivity index (χ1) is 26.8. The SMILES string of the molecule is [2H]C([2H])([2H])c1ncc(-n2[c-][n+](-c3cc(C(C)(C)C)cc(C(C)(C)C)c3)c3ccccc32)[c-]c1Oc1[c-]c2c(cc1)c1ccccc1n2-c1cc(C(C)(C)C)ccn1.[Pt]. The molecule has 0 aliphatic heterocycles.